The lowest BCUT2D eigenvalue weighted by atomic mass is 9.89. The standard InChI is InChI=1S/C15H19N5S/c1-15(2,12-16)10-6-7-11-21-14-17-18-19-20(14)13-8-4-3-5-9-13/h3-5,8-9H,6-7,10-11H2,1-2H3. The van der Waals surface area contributed by atoms with Crippen molar-refractivity contribution >= 4 is 11.8 Å². The van der Waals surface area contributed by atoms with Crippen molar-refractivity contribution in [1.29, 1.82) is 5.26 Å². The first kappa shape index (κ1) is 15.5. The van der Waals surface area contributed by atoms with Crippen molar-refractivity contribution in [3.8, 4) is 11.8 Å². The van der Waals surface area contributed by atoms with Crippen LogP contribution in [-0.2, 0) is 0 Å². The molecule has 0 unspecified atom stereocenters. The number of hydrogen-bond acceptors (Lipinski definition) is 5. The smallest absolute Gasteiger partial charge is 0.198 e. The summed E-state index contributed by atoms with van der Waals surface area (Å²) in [6.45, 7) is 3.96. The van der Waals surface area contributed by atoms with Crippen LogP contribution in [0.1, 0.15) is 33.1 Å². The number of nitriles is 1. The van der Waals surface area contributed by atoms with E-state index >= 15 is 0 Å². The van der Waals surface area contributed by atoms with Crippen LogP contribution in [0.3, 0.4) is 0 Å². The first-order valence-electron chi connectivity index (χ1n) is 7.00. The van der Waals surface area contributed by atoms with Crippen LogP contribution >= 0.6 is 11.8 Å². The molecule has 0 N–H and O–H groups in total. The number of hydrogen-bond donors (Lipinski definition) is 0. The second kappa shape index (κ2) is 7.23. The molecule has 6 heteroatoms. The largest absolute Gasteiger partial charge is 0.214 e. The Morgan fingerprint density at radius 1 is 1.24 bits per heavy atom. The molecule has 0 atom stereocenters. The normalized spacial score (nSPS) is 11.3. The molecule has 0 saturated carbocycles. The fraction of sp³-hybridized carbons (Fsp3) is 0.467. The molecule has 0 amide bonds. The van der Waals surface area contributed by atoms with Crippen LogP contribution in [0.4, 0.5) is 0 Å². The monoisotopic (exact) mass is 301 g/mol. The van der Waals surface area contributed by atoms with Gasteiger partial charge in [0.15, 0.2) is 0 Å². The van der Waals surface area contributed by atoms with Gasteiger partial charge in [-0.1, -0.05) is 36.4 Å². The SMILES string of the molecule is CC(C)(C#N)CCCCSc1nnnn1-c1ccccc1. The topological polar surface area (TPSA) is 67.4 Å². The lowest BCUT2D eigenvalue weighted by molar-refractivity contribution is 0.433. The van der Waals surface area contributed by atoms with E-state index in [2.05, 4.69) is 21.6 Å². The molecule has 110 valence electrons. The summed E-state index contributed by atoms with van der Waals surface area (Å²) in [7, 11) is 0. The Balaban J connectivity index is 1.83. The number of benzene rings is 1. The summed E-state index contributed by atoms with van der Waals surface area (Å²) < 4.78 is 1.75. The molecule has 5 nitrogen and oxygen atoms in total. The Morgan fingerprint density at radius 3 is 2.71 bits per heavy atom. The third kappa shape index (κ3) is 4.57. The van der Waals surface area contributed by atoms with E-state index in [1.807, 2.05) is 44.2 Å². The average Bonchev–Trinajstić information content (AvgIpc) is 2.96. The highest BCUT2D eigenvalue weighted by atomic mass is 32.2. The molecule has 0 radical (unpaired) electrons. The van der Waals surface area contributed by atoms with Gasteiger partial charge in [-0.05, 0) is 49.2 Å². The van der Waals surface area contributed by atoms with Crippen molar-refractivity contribution in [3.05, 3.63) is 30.3 Å². The van der Waals surface area contributed by atoms with E-state index in [1.165, 1.54) is 0 Å². The zero-order valence-corrected chi connectivity index (χ0v) is 13.2. The molecule has 0 fully saturated rings. The van der Waals surface area contributed by atoms with Gasteiger partial charge in [-0.15, -0.1) is 5.10 Å². The number of para-hydroxylation sites is 1. The minimum Gasteiger partial charge on any atom is -0.198 e. The third-order valence-electron chi connectivity index (χ3n) is 3.17. The van der Waals surface area contributed by atoms with E-state index in [0.717, 1.165) is 35.9 Å². The van der Waals surface area contributed by atoms with Gasteiger partial charge < -0.3 is 0 Å². The summed E-state index contributed by atoms with van der Waals surface area (Å²) in [5.41, 5.74) is 0.742. The maximum atomic E-state index is 8.98. The predicted molar refractivity (Wildman–Crippen MR) is 83.1 cm³/mol. The molecule has 0 aliphatic carbocycles. The summed E-state index contributed by atoms with van der Waals surface area (Å²) in [5, 5.41) is 21.6. The van der Waals surface area contributed by atoms with Gasteiger partial charge in [0.25, 0.3) is 0 Å². The predicted octanol–water partition coefficient (Wildman–Crippen LogP) is 3.47. The highest BCUT2D eigenvalue weighted by Crippen LogP contribution is 2.24. The molecule has 0 aliphatic heterocycles. The van der Waals surface area contributed by atoms with Crippen molar-refractivity contribution in [2.24, 2.45) is 5.41 Å². The van der Waals surface area contributed by atoms with Gasteiger partial charge >= 0.3 is 0 Å². The maximum Gasteiger partial charge on any atom is 0.214 e. The van der Waals surface area contributed by atoms with E-state index in [0.29, 0.717) is 0 Å². The van der Waals surface area contributed by atoms with Gasteiger partial charge in [-0.25, -0.2) is 0 Å². The maximum absolute atomic E-state index is 8.98. The molecular formula is C15H19N5S. The van der Waals surface area contributed by atoms with Crippen molar-refractivity contribution in [2.45, 2.75) is 38.3 Å². The second-order valence-corrected chi connectivity index (χ2v) is 6.57. The Morgan fingerprint density at radius 2 is 2.00 bits per heavy atom. The van der Waals surface area contributed by atoms with E-state index in [9.17, 15) is 0 Å². The highest BCUT2D eigenvalue weighted by Gasteiger charge is 2.15. The van der Waals surface area contributed by atoms with Crippen molar-refractivity contribution in [1.82, 2.24) is 20.2 Å². The van der Waals surface area contributed by atoms with Gasteiger partial charge in [0, 0.05) is 5.75 Å². The first-order chi connectivity index (χ1) is 10.1. The number of nitrogens with zero attached hydrogens (tertiary/aromatic N) is 5. The van der Waals surface area contributed by atoms with Crippen molar-refractivity contribution in [2.75, 3.05) is 5.75 Å². The number of unbranched alkanes of at least 4 members (excludes halogenated alkanes) is 1. The number of rotatable bonds is 7. The van der Waals surface area contributed by atoms with Gasteiger partial charge in [0.2, 0.25) is 5.16 Å². The zero-order chi connectivity index (χ0) is 15.1. The summed E-state index contributed by atoms with van der Waals surface area (Å²) in [4.78, 5) is 0. The minimum atomic E-state index is -0.226. The van der Waals surface area contributed by atoms with Gasteiger partial charge in [-0.3, -0.25) is 0 Å². The van der Waals surface area contributed by atoms with Gasteiger partial charge in [-0.2, -0.15) is 9.94 Å². The zero-order valence-electron chi connectivity index (χ0n) is 12.4. The van der Waals surface area contributed by atoms with Crippen LogP contribution in [0.2, 0.25) is 0 Å². The van der Waals surface area contributed by atoms with E-state index in [1.54, 1.807) is 16.4 Å². The molecule has 21 heavy (non-hydrogen) atoms. The van der Waals surface area contributed by atoms with Crippen molar-refractivity contribution < 1.29 is 0 Å². The van der Waals surface area contributed by atoms with Gasteiger partial charge in [0.1, 0.15) is 0 Å². The molecule has 2 aromatic rings. The Hall–Kier alpha value is -1.87. The highest BCUT2D eigenvalue weighted by molar-refractivity contribution is 7.99. The summed E-state index contributed by atoms with van der Waals surface area (Å²) in [6.07, 6.45) is 3.02. The molecule has 1 heterocycles. The Bertz CT molecular complexity index is 600. The van der Waals surface area contributed by atoms with E-state index in [-0.39, 0.29) is 5.41 Å². The summed E-state index contributed by atoms with van der Waals surface area (Å²) in [5.74, 6) is 0.953. The van der Waals surface area contributed by atoms with Gasteiger partial charge in [0.05, 0.1) is 17.2 Å². The fourth-order valence-electron chi connectivity index (χ4n) is 1.89. The number of thioether (sulfide) groups is 1. The third-order valence-corrected chi connectivity index (χ3v) is 4.18. The lowest BCUT2D eigenvalue weighted by Gasteiger charge is -2.13. The van der Waals surface area contributed by atoms with Crippen molar-refractivity contribution in [3.63, 3.8) is 0 Å². The molecule has 0 saturated heterocycles. The minimum absolute atomic E-state index is 0.226. The van der Waals surface area contributed by atoms with Crippen LogP contribution < -0.4 is 0 Å². The van der Waals surface area contributed by atoms with Crippen LogP contribution in [-0.4, -0.2) is 26.0 Å². The van der Waals surface area contributed by atoms with Crippen LogP contribution in [0.25, 0.3) is 5.69 Å². The molecule has 0 aliphatic rings. The van der Waals surface area contributed by atoms with E-state index in [4.69, 9.17) is 5.26 Å². The van der Waals surface area contributed by atoms with Crippen LogP contribution in [0.5, 0.6) is 0 Å². The Labute approximate surface area is 129 Å². The molecule has 0 spiro atoms. The van der Waals surface area contributed by atoms with E-state index < -0.39 is 0 Å². The number of aromatic nitrogens is 4. The molecule has 1 aromatic heterocycles. The summed E-state index contributed by atoms with van der Waals surface area (Å²) in [6, 6.07) is 12.2. The second-order valence-electron chi connectivity index (χ2n) is 5.51. The van der Waals surface area contributed by atoms with Crippen LogP contribution in [0.15, 0.2) is 35.5 Å². The molecular weight excluding hydrogens is 282 g/mol. The number of tetrazole rings is 1. The molecule has 2 rings (SSSR count). The molecule has 1 aromatic carbocycles. The lowest BCUT2D eigenvalue weighted by Crippen LogP contribution is -2.07. The first-order valence-corrected chi connectivity index (χ1v) is 7.99. The Kier molecular flexibility index (Phi) is 5.34. The summed E-state index contributed by atoms with van der Waals surface area (Å²) >= 11 is 1.65. The van der Waals surface area contributed by atoms with Crippen LogP contribution in [0, 0.1) is 16.7 Å². The average molecular weight is 301 g/mol. The quantitative estimate of drug-likeness (QED) is 0.578. The molecule has 0 bridgehead atoms. The fourth-order valence-corrected chi connectivity index (χ4v) is 2.78.